The molecular weight excluding hydrogens is 270 g/mol. The molecule has 0 saturated carbocycles. The number of carbonyl (C=O) groups is 1. The van der Waals surface area contributed by atoms with Gasteiger partial charge in [0.05, 0.1) is 23.1 Å². The first kappa shape index (κ1) is 15.1. The van der Waals surface area contributed by atoms with Crippen LogP contribution in [0.1, 0.15) is 65.9 Å². The van der Waals surface area contributed by atoms with Crippen molar-refractivity contribution in [2.75, 3.05) is 5.73 Å². The van der Waals surface area contributed by atoms with Gasteiger partial charge in [0.25, 0.3) is 5.91 Å². The van der Waals surface area contributed by atoms with Gasteiger partial charge in [0.2, 0.25) is 0 Å². The predicted octanol–water partition coefficient (Wildman–Crippen LogP) is 2.21. The first-order valence-electron chi connectivity index (χ1n) is 6.90. The van der Waals surface area contributed by atoms with E-state index in [4.69, 9.17) is 10.3 Å². The Labute approximate surface area is 123 Å². The third-order valence-electron chi connectivity index (χ3n) is 3.50. The van der Waals surface area contributed by atoms with E-state index in [9.17, 15) is 4.79 Å². The zero-order chi connectivity index (χ0) is 15.7. The van der Waals surface area contributed by atoms with Gasteiger partial charge in [-0.1, -0.05) is 19.0 Å². The van der Waals surface area contributed by atoms with E-state index in [0.717, 1.165) is 17.0 Å². The summed E-state index contributed by atoms with van der Waals surface area (Å²) >= 11 is 0. The maximum atomic E-state index is 12.3. The second kappa shape index (κ2) is 5.59. The molecule has 1 amide bonds. The van der Waals surface area contributed by atoms with Gasteiger partial charge in [-0.2, -0.15) is 5.10 Å². The van der Waals surface area contributed by atoms with Crippen molar-refractivity contribution in [3.63, 3.8) is 0 Å². The van der Waals surface area contributed by atoms with E-state index in [1.54, 1.807) is 0 Å². The molecule has 0 aromatic carbocycles. The van der Waals surface area contributed by atoms with E-state index in [1.807, 2.05) is 34.6 Å². The van der Waals surface area contributed by atoms with Crippen molar-refractivity contribution in [2.24, 2.45) is 0 Å². The fourth-order valence-electron chi connectivity index (χ4n) is 2.42. The summed E-state index contributed by atoms with van der Waals surface area (Å²) < 4.78 is 5.12. The Morgan fingerprint density at radius 3 is 2.48 bits per heavy atom. The topological polar surface area (TPSA) is 110 Å². The summed E-state index contributed by atoms with van der Waals surface area (Å²) in [4.78, 5) is 12.3. The predicted molar refractivity (Wildman–Crippen MR) is 78.9 cm³/mol. The maximum Gasteiger partial charge on any atom is 0.274 e. The summed E-state index contributed by atoms with van der Waals surface area (Å²) in [6, 6.07) is -0.234. The molecule has 1 atom stereocenters. The number of amides is 1. The van der Waals surface area contributed by atoms with Crippen LogP contribution in [0.2, 0.25) is 0 Å². The lowest BCUT2D eigenvalue weighted by Crippen LogP contribution is -2.28. The quantitative estimate of drug-likeness (QED) is 0.800. The van der Waals surface area contributed by atoms with Crippen LogP contribution in [0.4, 0.5) is 5.69 Å². The average Bonchev–Trinajstić information content (AvgIpc) is 2.92. The van der Waals surface area contributed by atoms with Gasteiger partial charge in [-0.3, -0.25) is 9.89 Å². The highest BCUT2D eigenvalue weighted by atomic mass is 16.5. The summed E-state index contributed by atoms with van der Waals surface area (Å²) in [7, 11) is 0. The number of H-pyrrole nitrogens is 1. The Morgan fingerprint density at radius 2 is 2.00 bits per heavy atom. The van der Waals surface area contributed by atoms with E-state index in [0.29, 0.717) is 11.4 Å². The average molecular weight is 291 g/mol. The van der Waals surface area contributed by atoms with Crippen molar-refractivity contribution in [3.8, 4) is 0 Å². The van der Waals surface area contributed by atoms with Crippen LogP contribution >= 0.6 is 0 Å². The minimum atomic E-state index is -0.317. The van der Waals surface area contributed by atoms with E-state index >= 15 is 0 Å². The highest BCUT2D eigenvalue weighted by Crippen LogP contribution is 2.24. The van der Waals surface area contributed by atoms with Crippen LogP contribution in [0.3, 0.4) is 0 Å². The van der Waals surface area contributed by atoms with Crippen LogP contribution in [0.15, 0.2) is 4.52 Å². The molecule has 2 heterocycles. The molecule has 0 bridgehead atoms. The SMILES string of the molecule is Cc1noc(C)c1C(C)NC(=O)c1n[nH]c(C(C)C)c1N. The van der Waals surface area contributed by atoms with Crippen LogP contribution in [-0.2, 0) is 0 Å². The van der Waals surface area contributed by atoms with Gasteiger partial charge in [0.15, 0.2) is 5.69 Å². The van der Waals surface area contributed by atoms with Crippen molar-refractivity contribution in [3.05, 3.63) is 28.4 Å². The van der Waals surface area contributed by atoms with E-state index in [-0.39, 0.29) is 23.6 Å². The highest BCUT2D eigenvalue weighted by Gasteiger charge is 2.23. The van der Waals surface area contributed by atoms with Crippen LogP contribution in [-0.4, -0.2) is 21.3 Å². The monoisotopic (exact) mass is 291 g/mol. The number of hydrogen-bond donors (Lipinski definition) is 3. The normalized spacial score (nSPS) is 12.7. The number of nitrogens with zero attached hydrogens (tertiary/aromatic N) is 2. The zero-order valence-corrected chi connectivity index (χ0v) is 12.9. The molecule has 0 aliphatic rings. The lowest BCUT2D eigenvalue weighted by atomic mass is 10.1. The number of aryl methyl sites for hydroxylation is 2. The molecule has 0 aliphatic heterocycles. The summed E-state index contributed by atoms with van der Waals surface area (Å²) in [6.45, 7) is 9.50. The Bertz CT molecular complexity index is 637. The summed E-state index contributed by atoms with van der Waals surface area (Å²) in [5.74, 6) is 0.556. The van der Waals surface area contributed by atoms with Crippen LogP contribution in [0.5, 0.6) is 0 Å². The molecule has 0 radical (unpaired) electrons. The Hall–Kier alpha value is -2.31. The number of carbonyl (C=O) groups excluding carboxylic acids is 1. The Balaban J connectivity index is 2.19. The molecule has 1 unspecified atom stereocenters. The summed E-state index contributed by atoms with van der Waals surface area (Å²) in [6.07, 6.45) is 0. The van der Waals surface area contributed by atoms with Crippen LogP contribution < -0.4 is 11.1 Å². The molecule has 7 nitrogen and oxygen atoms in total. The molecule has 7 heteroatoms. The molecule has 2 aromatic rings. The van der Waals surface area contributed by atoms with Crippen molar-refractivity contribution in [1.29, 1.82) is 0 Å². The van der Waals surface area contributed by atoms with Gasteiger partial charge in [0, 0.05) is 5.56 Å². The minimum Gasteiger partial charge on any atom is -0.395 e. The molecule has 0 aliphatic carbocycles. The van der Waals surface area contributed by atoms with Gasteiger partial charge in [-0.15, -0.1) is 0 Å². The van der Waals surface area contributed by atoms with E-state index in [1.165, 1.54) is 0 Å². The second-order valence-corrected chi connectivity index (χ2v) is 5.49. The first-order valence-corrected chi connectivity index (χ1v) is 6.90. The summed E-state index contributed by atoms with van der Waals surface area (Å²) in [5.41, 5.74) is 9.00. The molecule has 2 aromatic heterocycles. The molecule has 0 spiro atoms. The maximum absolute atomic E-state index is 12.3. The highest BCUT2D eigenvalue weighted by molar-refractivity contribution is 5.97. The van der Waals surface area contributed by atoms with Crippen molar-refractivity contribution < 1.29 is 9.32 Å². The van der Waals surface area contributed by atoms with E-state index in [2.05, 4.69) is 20.7 Å². The van der Waals surface area contributed by atoms with Gasteiger partial charge in [0.1, 0.15) is 5.76 Å². The zero-order valence-electron chi connectivity index (χ0n) is 12.9. The molecule has 21 heavy (non-hydrogen) atoms. The van der Waals surface area contributed by atoms with Gasteiger partial charge < -0.3 is 15.6 Å². The molecule has 114 valence electrons. The number of aromatic amines is 1. The van der Waals surface area contributed by atoms with Crippen molar-refractivity contribution >= 4 is 11.6 Å². The molecule has 4 N–H and O–H groups in total. The number of hydrogen-bond acceptors (Lipinski definition) is 5. The number of anilines is 1. The Kier molecular flexibility index (Phi) is 4.02. The lowest BCUT2D eigenvalue weighted by molar-refractivity contribution is 0.0935. The van der Waals surface area contributed by atoms with Crippen LogP contribution in [0, 0.1) is 13.8 Å². The van der Waals surface area contributed by atoms with Gasteiger partial charge in [-0.25, -0.2) is 0 Å². The summed E-state index contributed by atoms with van der Waals surface area (Å²) in [5, 5.41) is 13.6. The van der Waals surface area contributed by atoms with Gasteiger partial charge in [-0.05, 0) is 26.7 Å². The minimum absolute atomic E-state index is 0.180. The lowest BCUT2D eigenvalue weighted by Gasteiger charge is -2.13. The number of nitrogens with one attached hydrogen (secondary N) is 2. The van der Waals surface area contributed by atoms with Crippen molar-refractivity contribution in [2.45, 2.75) is 46.6 Å². The second-order valence-electron chi connectivity index (χ2n) is 5.49. The third kappa shape index (κ3) is 2.76. The molecule has 0 fully saturated rings. The number of aromatic nitrogens is 3. The molecule has 0 saturated heterocycles. The standard InChI is InChI=1S/C14H21N5O2/c1-6(2)12-11(15)13(18-17-12)14(20)16-7(3)10-8(4)19-21-9(10)5/h6-7H,15H2,1-5H3,(H,16,20)(H,17,18). The largest absolute Gasteiger partial charge is 0.395 e. The molecule has 2 rings (SSSR count). The van der Waals surface area contributed by atoms with Crippen molar-refractivity contribution in [1.82, 2.24) is 20.7 Å². The van der Waals surface area contributed by atoms with Gasteiger partial charge >= 0.3 is 0 Å². The third-order valence-corrected chi connectivity index (χ3v) is 3.50. The van der Waals surface area contributed by atoms with E-state index < -0.39 is 0 Å². The fourth-order valence-corrected chi connectivity index (χ4v) is 2.42. The molecular formula is C14H21N5O2. The first-order chi connectivity index (χ1) is 9.82. The smallest absolute Gasteiger partial charge is 0.274 e. The number of nitrogens with two attached hydrogens (primary N) is 1. The van der Waals surface area contributed by atoms with Crippen LogP contribution in [0.25, 0.3) is 0 Å². The fraction of sp³-hybridized carbons (Fsp3) is 0.500. The Morgan fingerprint density at radius 1 is 1.33 bits per heavy atom. The number of rotatable bonds is 4. The number of nitrogen functional groups attached to an aromatic ring is 1.